The van der Waals surface area contributed by atoms with Crippen molar-refractivity contribution in [1.29, 1.82) is 0 Å². The summed E-state index contributed by atoms with van der Waals surface area (Å²) in [4.78, 5) is 0. The molecule has 104 valence electrons. The van der Waals surface area contributed by atoms with Crippen LogP contribution in [0, 0.1) is 6.92 Å². The molecule has 1 heterocycles. The van der Waals surface area contributed by atoms with Gasteiger partial charge < -0.3 is 5.32 Å². The minimum Gasteiger partial charge on any atom is -0.311 e. The lowest BCUT2D eigenvalue weighted by Crippen LogP contribution is -2.36. The molecule has 0 radical (unpaired) electrons. The molecule has 1 N–H and O–H groups in total. The molecule has 0 saturated heterocycles. The lowest BCUT2D eigenvalue weighted by molar-refractivity contribution is 0.494. The number of hydrogen-bond donors (Lipinski definition) is 1. The molecule has 0 saturated carbocycles. The van der Waals surface area contributed by atoms with Crippen molar-refractivity contribution in [3.05, 3.63) is 16.4 Å². The molecule has 1 rings (SSSR count). The van der Waals surface area contributed by atoms with E-state index in [9.17, 15) is 0 Å². The van der Waals surface area contributed by atoms with E-state index in [-0.39, 0.29) is 0 Å². The monoisotopic (exact) mass is 289 g/mol. The van der Waals surface area contributed by atoms with Crippen molar-refractivity contribution in [1.82, 2.24) is 15.1 Å². The molecule has 3 nitrogen and oxygen atoms in total. The molecule has 0 aliphatic rings. The molecule has 5 heteroatoms. The van der Waals surface area contributed by atoms with Gasteiger partial charge in [0.1, 0.15) is 5.15 Å². The Hall–Kier alpha value is -0.190. The van der Waals surface area contributed by atoms with Crippen molar-refractivity contribution in [2.24, 2.45) is 7.05 Å². The molecule has 0 spiro atoms. The summed E-state index contributed by atoms with van der Waals surface area (Å²) < 4.78 is 2.07. The summed E-state index contributed by atoms with van der Waals surface area (Å²) in [5, 5.41) is 8.60. The van der Waals surface area contributed by atoms with Crippen molar-refractivity contribution in [3.8, 4) is 0 Å². The lowest BCUT2D eigenvalue weighted by atomic mass is 10.0. The Morgan fingerprint density at radius 1 is 1.39 bits per heavy atom. The van der Waals surface area contributed by atoms with Gasteiger partial charge in [-0.15, -0.1) is 0 Å². The quantitative estimate of drug-likeness (QED) is 0.834. The van der Waals surface area contributed by atoms with Crippen LogP contribution in [0.5, 0.6) is 0 Å². The number of thioether (sulfide) groups is 1. The predicted molar refractivity (Wildman–Crippen MR) is 81.5 cm³/mol. The number of aromatic nitrogens is 2. The fourth-order valence-electron chi connectivity index (χ4n) is 2.15. The summed E-state index contributed by atoms with van der Waals surface area (Å²) in [6, 6.07) is 0. The van der Waals surface area contributed by atoms with Crippen molar-refractivity contribution >= 4 is 23.4 Å². The Morgan fingerprint density at radius 2 is 2.00 bits per heavy atom. The first kappa shape index (κ1) is 15.9. The van der Waals surface area contributed by atoms with Gasteiger partial charge in [0, 0.05) is 30.4 Å². The largest absolute Gasteiger partial charge is 0.311 e. The first-order valence-electron chi connectivity index (χ1n) is 6.43. The second-order valence-corrected chi connectivity index (χ2v) is 6.31. The summed E-state index contributed by atoms with van der Waals surface area (Å²) >= 11 is 8.17. The minimum absolute atomic E-state index is 0.336. The summed E-state index contributed by atoms with van der Waals surface area (Å²) in [5.41, 5.74) is 2.12. The first-order valence-corrected chi connectivity index (χ1v) is 8.03. The molecule has 0 amide bonds. The van der Waals surface area contributed by atoms with Crippen LogP contribution in [0.3, 0.4) is 0 Å². The van der Waals surface area contributed by atoms with E-state index in [1.807, 2.05) is 25.7 Å². The van der Waals surface area contributed by atoms with Crippen molar-refractivity contribution < 1.29 is 0 Å². The average Bonchev–Trinajstić information content (AvgIpc) is 2.61. The molecular formula is C13H24ClN3S. The van der Waals surface area contributed by atoms with Gasteiger partial charge in [-0.05, 0) is 26.0 Å². The molecule has 1 aromatic rings. The Kier molecular flexibility index (Phi) is 6.02. The third-order valence-corrected chi connectivity index (χ3v) is 5.80. The van der Waals surface area contributed by atoms with Crippen molar-refractivity contribution in [2.45, 2.75) is 44.9 Å². The van der Waals surface area contributed by atoms with Gasteiger partial charge in [-0.1, -0.05) is 25.4 Å². The van der Waals surface area contributed by atoms with E-state index in [2.05, 4.69) is 30.5 Å². The number of rotatable bonds is 7. The number of nitrogens with one attached hydrogen (secondary N) is 1. The summed E-state index contributed by atoms with van der Waals surface area (Å²) in [6.45, 7) is 8.31. The summed E-state index contributed by atoms with van der Waals surface area (Å²) in [7, 11) is 1.88. The number of hydrogen-bond acceptors (Lipinski definition) is 3. The molecule has 0 unspecified atom stereocenters. The topological polar surface area (TPSA) is 29.9 Å². The van der Waals surface area contributed by atoms with Crippen LogP contribution >= 0.6 is 23.4 Å². The second-order valence-electron chi connectivity index (χ2n) is 4.68. The highest BCUT2D eigenvalue weighted by molar-refractivity contribution is 8.00. The van der Waals surface area contributed by atoms with E-state index >= 15 is 0 Å². The normalized spacial score (nSPS) is 12.1. The first-order chi connectivity index (χ1) is 8.49. The van der Waals surface area contributed by atoms with Crippen LogP contribution in [0.4, 0.5) is 0 Å². The lowest BCUT2D eigenvalue weighted by Gasteiger charge is -2.30. The zero-order chi connectivity index (χ0) is 13.8. The maximum absolute atomic E-state index is 6.22. The number of nitrogens with zero attached hydrogens (tertiary/aromatic N) is 2. The molecule has 0 atom stereocenters. The van der Waals surface area contributed by atoms with Gasteiger partial charge in [0.25, 0.3) is 0 Å². The van der Waals surface area contributed by atoms with Crippen LogP contribution in [0.25, 0.3) is 0 Å². The van der Waals surface area contributed by atoms with Gasteiger partial charge in [0.05, 0.1) is 5.69 Å². The van der Waals surface area contributed by atoms with E-state index in [0.29, 0.717) is 4.75 Å². The smallest absolute Gasteiger partial charge is 0.131 e. The Labute approximate surface area is 120 Å². The van der Waals surface area contributed by atoms with Gasteiger partial charge in [-0.3, -0.25) is 4.68 Å². The van der Waals surface area contributed by atoms with E-state index < -0.39 is 0 Å². The van der Waals surface area contributed by atoms with E-state index in [1.54, 1.807) is 4.68 Å². The maximum atomic E-state index is 6.22. The molecule has 1 aromatic heterocycles. The van der Waals surface area contributed by atoms with Gasteiger partial charge in [0.2, 0.25) is 0 Å². The average molecular weight is 290 g/mol. The van der Waals surface area contributed by atoms with Crippen molar-refractivity contribution in [2.75, 3.05) is 12.8 Å². The van der Waals surface area contributed by atoms with Crippen LogP contribution in [0.1, 0.15) is 37.9 Å². The van der Waals surface area contributed by atoms with E-state index in [0.717, 1.165) is 29.5 Å². The zero-order valence-corrected chi connectivity index (χ0v) is 13.6. The molecule has 0 aromatic carbocycles. The molecule has 0 aliphatic heterocycles. The summed E-state index contributed by atoms with van der Waals surface area (Å²) in [6.07, 6.45) is 4.55. The van der Waals surface area contributed by atoms with Crippen LogP contribution in [-0.4, -0.2) is 27.3 Å². The van der Waals surface area contributed by atoms with Crippen LogP contribution < -0.4 is 5.32 Å². The third-order valence-electron chi connectivity index (χ3n) is 3.74. The number of halogens is 1. The van der Waals surface area contributed by atoms with Gasteiger partial charge in [-0.2, -0.15) is 16.9 Å². The Morgan fingerprint density at radius 3 is 2.39 bits per heavy atom. The van der Waals surface area contributed by atoms with Crippen LogP contribution in [0.15, 0.2) is 0 Å². The number of aryl methyl sites for hydroxylation is 2. The third kappa shape index (κ3) is 3.43. The van der Waals surface area contributed by atoms with Crippen LogP contribution in [-0.2, 0) is 13.6 Å². The standard InChI is InChI=1S/C13H24ClN3S/c1-6-13(7-2,18-5)9-15-8-11-10(3)16-17(4)12(11)14/h15H,6-9H2,1-5H3. The highest BCUT2D eigenvalue weighted by atomic mass is 35.5. The molecular weight excluding hydrogens is 266 g/mol. The Bertz CT molecular complexity index is 378. The Balaban J connectivity index is 2.61. The fraction of sp³-hybridized carbons (Fsp3) is 0.769. The second kappa shape index (κ2) is 6.83. The molecule has 0 bridgehead atoms. The molecule has 0 fully saturated rings. The maximum Gasteiger partial charge on any atom is 0.131 e. The summed E-state index contributed by atoms with van der Waals surface area (Å²) in [5.74, 6) is 0. The predicted octanol–water partition coefficient (Wildman–Crippen LogP) is 3.39. The SMILES string of the molecule is CCC(CC)(CNCc1c(C)nn(C)c1Cl)SC. The van der Waals surface area contributed by atoms with Gasteiger partial charge in [0.15, 0.2) is 0 Å². The van der Waals surface area contributed by atoms with Crippen LogP contribution in [0.2, 0.25) is 5.15 Å². The zero-order valence-electron chi connectivity index (χ0n) is 12.0. The molecule has 18 heavy (non-hydrogen) atoms. The van der Waals surface area contributed by atoms with E-state index in [1.165, 1.54) is 12.8 Å². The highest BCUT2D eigenvalue weighted by Gasteiger charge is 2.24. The van der Waals surface area contributed by atoms with Crippen molar-refractivity contribution in [3.63, 3.8) is 0 Å². The minimum atomic E-state index is 0.336. The van der Waals surface area contributed by atoms with E-state index in [4.69, 9.17) is 11.6 Å². The van der Waals surface area contributed by atoms with Gasteiger partial charge in [-0.25, -0.2) is 0 Å². The molecule has 0 aliphatic carbocycles. The van der Waals surface area contributed by atoms with Gasteiger partial charge >= 0.3 is 0 Å². The fourth-order valence-corrected chi connectivity index (χ4v) is 3.22. The highest BCUT2D eigenvalue weighted by Crippen LogP contribution is 2.29.